The number of nitrogens with zero attached hydrogens (tertiary/aromatic N) is 2. The van der Waals surface area contributed by atoms with Gasteiger partial charge >= 0.3 is 5.97 Å². The van der Waals surface area contributed by atoms with Crippen LogP contribution in [0, 0.1) is 18.8 Å². The van der Waals surface area contributed by atoms with Gasteiger partial charge in [-0.3, -0.25) is 14.4 Å². The smallest absolute Gasteiger partial charge is 0.335 e. The number of amides is 2. The molecule has 0 unspecified atom stereocenters. The predicted octanol–water partition coefficient (Wildman–Crippen LogP) is 5.32. The van der Waals surface area contributed by atoms with E-state index < -0.39 is 35.8 Å². The second-order valence-corrected chi connectivity index (χ2v) is 11.0. The molecule has 0 aromatic heterocycles. The van der Waals surface area contributed by atoms with Crippen LogP contribution in [0.15, 0.2) is 72.8 Å². The summed E-state index contributed by atoms with van der Waals surface area (Å²) in [5.41, 5.74) is 4.41. The molecule has 0 saturated carbocycles. The van der Waals surface area contributed by atoms with E-state index in [1.807, 2.05) is 80.3 Å². The third-order valence-electron chi connectivity index (χ3n) is 8.19. The molecular weight excluding hydrogens is 504 g/mol. The van der Waals surface area contributed by atoms with E-state index in [0.29, 0.717) is 17.0 Å². The van der Waals surface area contributed by atoms with Gasteiger partial charge in [-0.1, -0.05) is 56.3 Å². The summed E-state index contributed by atoms with van der Waals surface area (Å²) in [6.07, 6.45) is 3.85. The molecule has 0 bridgehead atoms. The van der Waals surface area contributed by atoms with Crippen LogP contribution in [0.25, 0.3) is 6.08 Å². The van der Waals surface area contributed by atoms with Gasteiger partial charge in [-0.15, -0.1) is 0 Å². The van der Waals surface area contributed by atoms with Crippen molar-refractivity contribution >= 4 is 41.0 Å². The summed E-state index contributed by atoms with van der Waals surface area (Å²) in [7, 11) is 0. The fraction of sp³-hybridized carbons (Fsp3) is 0.273. The van der Waals surface area contributed by atoms with E-state index in [1.54, 1.807) is 24.3 Å². The number of esters is 1. The first-order valence-electron chi connectivity index (χ1n) is 13.5. The molecule has 2 amide bonds. The summed E-state index contributed by atoms with van der Waals surface area (Å²) in [4.78, 5) is 56.9. The van der Waals surface area contributed by atoms with Crippen molar-refractivity contribution in [2.45, 2.75) is 45.7 Å². The van der Waals surface area contributed by atoms with Gasteiger partial charge in [0, 0.05) is 11.3 Å². The van der Waals surface area contributed by atoms with E-state index in [4.69, 9.17) is 4.74 Å². The zero-order chi connectivity index (χ0) is 28.3. The Morgan fingerprint density at radius 2 is 1.60 bits per heavy atom. The number of anilines is 2. The lowest BCUT2D eigenvalue weighted by Gasteiger charge is -2.36. The van der Waals surface area contributed by atoms with Gasteiger partial charge in [-0.05, 0) is 72.9 Å². The molecule has 0 spiro atoms. The highest BCUT2D eigenvalue weighted by molar-refractivity contribution is 6.24. The number of imide groups is 1. The normalized spacial score (nSPS) is 22.8. The Labute approximate surface area is 233 Å². The van der Waals surface area contributed by atoms with Crippen molar-refractivity contribution in [2.24, 2.45) is 11.8 Å². The van der Waals surface area contributed by atoms with Crippen molar-refractivity contribution in [3.63, 3.8) is 0 Å². The molecule has 7 heteroatoms. The third kappa shape index (κ3) is 3.96. The predicted molar refractivity (Wildman–Crippen MR) is 152 cm³/mol. The SMILES string of the molecule is CC(=O)c1ccc(N2C(=O)[C@H]3[C@H](C2=O)[C@H](C(=O)Oc2cc(C)ccc2C(C)C)N2c4ccccc4C=C[C@H]32)cc1. The number of hydrogen-bond acceptors (Lipinski definition) is 6. The first-order chi connectivity index (χ1) is 19.2. The van der Waals surface area contributed by atoms with Crippen LogP contribution in [0.3, 0.4) is 0 Å². The molecule has 3 aliphatic heterocycles. The summed E-state index contributed by atoms with van der Waals surface area (Å²) in [5, 5.41) is 0. The largest absolute Gasteiger partial charge is 0.425 e. The van der Waals surface area contributed by atoms with Gasteiger partial charge in [0.15, 0.2) is 5.78 Å². The third-order valence-corrected chi connectivity index (χ3v) is 8.19. The van der Waals surface area contributed by atoms with Crippen LogP contribution in [-0.2, 0) is 14.4 Å². The quantitative estimate of drug-likeness (QED) is 0.191. The molecule has 3 aliphatic rings. The van der Waals surface area contributed by atoms with Crippen molar-refractivity contribution in [3.05, 3.63) is 95.1 Å². The van der Waals surface area contributed by atoms with E-state index in [1.165, 1.54) is 6.92 Å². The van der Waals surface area contributed by atoms with Crippen LogP contribution in [0.5, 0.6) is 5.75 Å². The fourth-order valence-corrected chi connectivity index (χ4v) is 6.26. The number of ether oxygens (including phenoxy) is 1. The number of carbonyl (C=O) groups is 4. The average Bonchev–Trinajstić information content (AvgIpc) is 3.41. The van der Waals surface area contributed by atoms with Gasteiger partial charge in [0.1, 0.15) is 11.8 Å². The summed E-state index contributed by atoms with van der Waals surface area (Å²) in [6, 6.07) is 18.4. The Morgan fingerprint density at radius 1 is 0.900 bits per heavy atom. The van der Waals surface area contributed by atoms with Crippen LogP contribution >= 0.6 is 0 Å². The van der Waals surface area contributed by atoms with Gasteiger partial charge in [0.05, 0.1) is 23.6 Å². The number of rotatable bonds is 5. The summed E-state index contributed by atoms with van der Waals surface area (Å²) in [5.74, 6) is -2.58. The second-order valence-electron chi connectivity index (χ2n) is 11.0. The zero-order valence-electron chi connectivity index (χ0n) is 22.8. The minimum atomic E-state index is -1.00. The Kier molecular flexibility index (Phi) is 6.17. The van der Waals surface area contributed by atoms with Gasteiger partial charge in [-0.25, -0.2) is 9.69 Å². The van der Waals surface area contributed by atoms with Crippen molar-refractivity contribution in [3.8, 4) is 5.75 Å². The van der Waals surface area contributed by atoms with E-state index >= 15 is 0 Å². The summed E-state index contributed by atoms with van der Waals surface area (Å²) >= 11 is 0. The monoisotopic (exact) mass is 534 g/mol. The van der Waals surface area contributed by atoms with Crippen molar-refractivity contribution in [2.75, 3.05) is 9.80 Å². The Hall–Kier alpha value is -4.52. The summed E-state index contributed by atoms with van der Waals surface area (Å²) < 4.78 is 6.09. The highest BCUT2D eigenvalue weighted by Gasteiger charge is 2.65. The molecular formula is C33H30N2O5. The van der Waals surface area contributed by atoms with Crippen molar-refractivity contribution in [1.29, 1.82) is 0 Å². The Balaban J connectivity index is 1.43. The molecule has 3 aromatic rings. The molecule has 40 heavy (non-hydrogen) atoms. The maximum absolute atomic E-state index is 14.1. The molecule has 0 N–H and O–H groups in total. The van der Waals surface area contributed by atoms with E-state index in [0.717, 1.165) is 27.3 Å². The Morgan fingerprint density at radius 3 is 2.30 bits per heavy atom. The molecule has 3 aromatic carbocycles. The number of fused-ring (bicyclic) bond motifs is 5. The molecule has 0 radical (unpaired) electrons. The van der Waals surface area contributed by atoms with Crippen LogP contribution < -0.4 is 14.5 Å². The maximum Gasteiger partial charge on any atom is 0.335 e. The average molecular weight is 535 g/mol. The number of aryl methyl sites for hydroxylation is 1. The lowest BCUT2D eigenvalue weighted by molar-refractivity contribution is -0.139. The number of carbonyl (C=O) groups excluding carboxylic acids is 4. The topological polar surface area (TPSA) is 84.0 Å². The Bertz CT molecular complexity index is 1590. The van der Waals surface area contributed by atoms with Crippen molar-refractivity contribution in [1.82, 2.24) is 0 Å². The number of para-hydroxylation sites is 1. The number of ketones is 1. The first-order valence-corrected chi connectivity index (χ1v) is 13.5. The summed E-state index contributed by atoms with van der Waals surface area (Å²) in [6.45, 7) is 7.46. The minimum absolute atomic E-state index is 0.108. The van der Waals surface area contributed by atoms with Gasteiger partial charge < -0.3 is 9.64 Å². The van der Waals surface area contributed by atoms with Crippen LogP contribution in [0.4, 0.5) is 11.4 Å². The molecule has 3 heterocycles. The highest BCUT2D eigenvalue weighted by Crippen LogP contribution is 2.49. The number of hydrogen-bond donors (Lipinski definition) is 0. The van der Waals surface area contributed by atoms with Crippen LogP contribution in [0.2, 0.25) is 0 Å². The molecule has 202 valence electrons. The number of benzene rings is 3. The molecule has 2 saturated heterocycles. The van der Waals surface area contributed by atoms with Gasteiger partial charge in [-0.2, -0.15) is 0 Å². The van der Waals surface area contributed by atoms with E-state index in [9.17, 15) is 19.2 Å². The minimum Gasteiger partial charge on any atom is -0.425 e. The van der Waals surface area contributed by atoms with Gasteiger partial charge in [0.25, 0.3) is 0 Å². The molecule has 4 atom stereocenters. The maximum atomic E-state index is 14.1. The lowest BCUT2D eigenvalue weighted by atomic mass is 9.88. The standard InChI is InChI=1S/C33H30N2O5/c1-18(2)24-15-9-19(3)17-27(24)40-33(39)30-29-28(26-16-12-22-7-5-6-8-25(22)35(26)30)31(37)34(32(29)38)23-13-10-21(11-14-23)20(4)36/h5-18,26,28-30H,1-4H3/t26-,28-,29+,30-/m1/s1. The van der Waals surface area contributed by atoms with E-state index in [2.05, 4.69) is 0 Å². The fourth-order valence-electron chi connectivity index (χ4n) is 6.26. The molecule has 0 aliphatic carbocycles. The number of Topliss-reactive ketones (excluding diaryl/α,β-unsaturated/α-hetero) is 1. The lowest BCUT2D eigenvalue weighted by Crippen LogP contribution is -2.50. The molecule has 7 nitrogen and oxygen atoms in total. The van der Waals surface area contributed by atoms with E-state index in [-0.39, 0.29) is 17.6 Å². The first kappa shape index (κ1) is 25.7. The van der Waals surface area contributed by atoms with Crippen LogP contribution in [-0.4, -0.2) is 35.7 Å². The van der Waals surface area contributed by atoms with Crippen LogP contribution in [0.1, 0.15) is 53.7 Å². The van der Waals surface area contributed by atoms with Gasteiger partial charge in [0.2, 0.25) is 11.8 Å². The molecule has 2 fully saturated rings. The second kappa shape index (κ2) is 9.59. The molecule has 6 rings (SSSR count). The highest BCUT2D eigenvalue weighted by atomic mass is 16.5. The van der Waals surface area contributed by atoms with Crippen molar-refractivity contribution < 1.29 is 23.9 Å². The zero-order valence-corrected chi connectivity index (χ0v) is 22.8.